The number of carbonyl (C=O) groups excluding carboxylic acids is 1. The second kappa shape index (κ2) is 15.5. The zero-order valence-electron chi connectivity index (χ0n) is 36.4. The van der Waals surface area contributed by atoms with Crippen molar-refractivity contribution in [2.45, 2.75) is 126 Å². The average Bonchev–Trinajstić information content (AvgIpc) is 3.94. The Morgan fingerprint density at radius 1 is 1.00 bits per heavy atom. The number of methoxy groups -OCH3 is 1. The van der Waals surface area contributed by atoms with E-state index in [2.05, 4.69) is 47.5 Å². The van der Waals surface area contributed by atoms with Crippen molar-refractivity contribution < 1.29 is 34.0 Å². The van der Waals surface area contributed by atoms with Gasteiger partial charge in [-0.25, -0.2) is 4.98 Å². The SMILES string of the molecule is COc1cc(O)cc2c1-c1ccc3c4c1C1(CCC(Cc5ccc(N)nc5C#CCc5cc(O)c6c(c5C(O4)C3COC(C)=O)C=CC(NC3CCCC4(CCCC4)C3)CO6)C1)C2. The van der Waals surface area contributed by atoms with E-state index in [1.165, 1.54) is 51.9 Å². The number of phenolic OH excluding ortho intramolecular Hbond substituents is 2. The number of aromatic nitrogens is 1. The highest BCUT2D eigenvalue weighted by atomic mass is 16.5. The first-order valence-electron chi connectivity index (χ1n) is 23.2. The van der Waals surface area contributed by atoms with Gasteiger partial charge in [0.1, 0.15) is 48.1 Å². The molecule has 4 aromatic rings. The van der Waals surface area contributed by atoms with Crippen LogP contribution < -0.4 is 25.3 Å². The number of phenols is 2. The molecule has 10 heteroatoms. The Hall–Kier alpha value is -5.66. The van der Waals surface area contributed by atoms with Gasteiger partial charge in [-0.1, -0.05) is 55.5 Å². The number of pyridine rings is 1. The summed E-state index contributed by atoms with van der Waals surface area (Å²) in [5, 5.41) is 26.8. The van der Waals surface area contributed by atoms with Gasteiger partial charge in [0.05, 0.1) is 19.1 Å². The van der Waals surface area contributed by atoms with E-state index in [0.717, 1.165) is 87.9 Å². The Labute approximate surface area is 369 Å². The first-order valence-corrected chi connectivity index (χ1v) is 23.2. The van der Waals surface area contributed by atoms with Crippen LogP contribution in [0, 0.1) is 23.2 Å². The summed E-state index contributed by atoms with van der Waals surface area (Å²) in [4.78, 5) is 17.4. The first-order chi connectivity index (χ1) is 30.6. The fraction of sp³-hybridized carbons (Fsp3) is 0.472. The lowest BCUT2D eigenvalue weighted by molar-refractivity contribution is -0.141. The van der Waals surface area contributed by atoms with E-state index < -0.39 is 6.10 Å². The fourth-order valence-corrected chi connectivity index (χ4v) is 13.2. The predicted molar refractivity (Wildman–Crippen MR) is 241 cm³/mol. The number of carbonyl (C=O) groups is 1. The Morgan fingerprint density at radius 3 is 2.70 bits per heavy atom. The number of nitrogens with one attached hydrogen (secondary N) is 1. The van der Waals surface area contributed by atoms with Crippen LogP contribution in [0.2, 0.25) is 0 Å². The highest BCUT2D eigenvalue weighted by Crippen LogP contribution is 2.63. The number of nitrogens with zero attached hydrogens (tertiary/aromatic N) is 1. The molecule has 4 heterocycles. The summed E-state index contributed by atoms with van der Waals surface area (Å²) in [5.41, 5.74) is 15.8. The van der Waals surface area contributed by atoms with Crippen molar-refractivity contribution in [3.05, 3.63) is 93.2 Å². The standard InChI is InChI=1S/C53H57N3O7/c1-30(57)61-29-41-38-13-14-39-46-34(22-37(58)24-44(46)60-2)26-53-20-16-31(25-53)21-32-10-15-45(54)56-42(32)9-5-7-33-23-43(59)49-40(47(33)50(41)63-51(38)48(39)53)12-11-36(28-62-49)55-35-8-6-19-52(27-35)17-3-4-18-52/h10-15,22-24,31,35-36,41,50,55,58-59H,3-4,6-8,16-21,25-29H2,1-2H3,(H2,54,56). The normalized spacial score (nSPS) is 26.9. The number of benzene rings is 3. The molecule has 3 saturated carbocycles. The molecule has 1 aromatic heterocycles. The molecule has 3 fully saturated rings. The molecule has 10 nitrogen and oxygen atoms in total. The Balaban J connectivity index is 1.09. The monoisotopic (exact) mass is 847 g/mol. The molecule has 4 bridgehead atoms. The molecule has 0 radical (unpaired) electrons. The summed E-state index contributed by atoms with van der Waals surface area (Å²) in [6, 6.07) is 14.0. The van der Waals surface area contributed by atoms with Gasteiger partial charge in [0, 0.05) is 58.7 Å². The van der Waals surface area contributed by atoms with Gasteiger partial charge in [-0.05, 0) is 122 Å². The number of anilines is 1. The smallest absolute Gasteiger partial charge is 0.302 e. The Morgan fingerprint density at radius 2 is 1.86 bits per heavy atom. The molecule has 6 atom stereocenters. The van der Waals surface area contributed by atoms with Crippen molar-refractivity contribution in [1.29, 1.82) is 0 Å². The second-order valence-electron chi connectivity index (χ2n) is 19.7. The number of esters is 1. The van der Waals surface area contributed by atoms with E-state index in [-0.39, 0.29) is 41.4 Å². The quantitative estimate of drug-likeness (QED) is 0.113. The summed E-state index contributed by atoms with van der Waals surface area (Å²) in [6.45, 7) is 1.92. The zero-order chi connectivity index (χ0) is 43.0. The molecule has 63 heavy (non-hydrogen) atoms. The number of hydrogen-bond acceptors (Lipinski definition) is 10. The van der Waals surface area contributed by atoms with Crippen molar-refractivity contribution in [2.24, 2.45) is 11.3 Å². The van der Waals surface area contributed by atoms with Gasteiger partial charge in [-0.3, -0.25) is 4.79 Å². The van der Waals surface area contributed by atoms with E-state index in [0.29, 0.717) is 59.8 Å². The largest absolute Gasteiger partial charge is 0.508 e. The lowest BCUT2D eigenvalue weighted by atomic mass is 9.65. The third-order valence-corrected chi connectivity index (χ3v) is 15.8. The van der Waals surface area contributed by atoms with Crippen LogP contribution in [0.15, 0.2) is 48.5 Å². The van der Waals surface area contributed by atoms with Gasteiger partial charge in [-0.2, -0.15) is 0 Å². The van der Waals surface area contributed by atoms with Crippen LogP contribution in [-0.4, -0.2) is 53.6 Å². The molecule has 326 valence electrons. The highest BCUT2D eigenvalue weighted by molar-refractivity contribution is 5.84. The molecule has 4 aliphatic carbocycles. The van der Waals surface area contributed by atoms with E-state index in [1.807, 2.05) is 12.1 Å². The van der Waals surface area contributed by atoms with Gasteiger partial charge in [0.2, 0.25) is 0 Å². The predicted octanol–water partition coefficient (Wildman–Crippen LogP) is 9.14. The third kappa shape index (κ3) is 6.98. The molecule has 3 aliphatic heterocycles. The van der Waals surface area contributed by atoms with Crippen LogP contribution in [-0.2, 0) is 34.2 Å². The molecule has 7 aliphatic rings. The Kier molecular flexibility index (Phi) is 9.91. The molecular weight excluding hydrogens is 791 g/mol. The zero-order valence-corrected chi connectivity index (χ0v) is 36.4. The summed E-state index contributed by atoms with van der Waals surface area (Å²) in [7, 11) is 1.65. The first kappa shape index (κ1) is 40.1. The fourth-order valence-electron chi connectivity index (χ4n) is 13.2. The summed E-state index contributed by atoms with van der Waals surface area (Å²) < 4.78 is 26.1. The number of hydrogen-bond donors (Lipinski definition) is 4. The van der Waals surface area contributed by atoms with Crippen LogP contribution in [0.4, 0.5) is 5.82 Å². The topological polar surface area (TPSA) is 145 Å². The van der Waals surface area contributed by atoms with Crippen molar-refractivity contribution in [2.75, 3.05) is 26.1 Å². The maximum atomic E-state index is 12.6. The van der Waals surface area contributed by atoms with Gasteiger partial charge < -0.3 is 40.2 Å². The van der Waals surface area contributed by atoms with Gasteiger partial charge >= 0.3 is 5.97 Å². The van der Waals surface area contributed by atoms with E-state index in [9.17, 15) is 15.0 Å². The lowest BCUT2D eigenvalue weighted by Gasteiger charge is -2.39. The van der Waals surface area contributed by atoms with Crippen molar-refractivity contribution in [1.82, 2.24) is 10.3 Å². The van der Waals surface area contributed by atoms with E-state index in [4.69, 9.17) is 29.7 Å². The molecule has 0 saturated heterocycles. The summed E-state index contributed by atoms with van der Waals surface area (Å²) in [6.07, 6.45) is 18.5. The number of aromatic hydroxyl groups is 2. The van der Waals surface area contributed by atoms with Crippen LogP contribution in [0.3, 0.4) is 0 Å². The minimum atomic E-state index is -0.612. The Bertz CT molecular complexity index is 2620. The van der Waals surface area contributed by atoms with Crippen LogP contribution >= 0.6 is 0 Å². The van der Waals surface area contributed by atoms with Crippen LogP contribution in [0.1, 0.15) is 134 Å². The number of ether oxygens (including phenoxy) is 4. The maximum absolute atomic E-state index is 12.6. The molecular formula is C53H57N3O7. The van der Waals surface area contributed by atoms with Gasteiger partial charge in [0.15, 0.2) is 11.5 Å². The van der Waals surface area contributed by atoms with Crippen LogP contribution in [0.25, 0.3) is 17.2 Å². The average molecular weight is 848 g/mol. The van der Waals surface area contributed by atoms with E-state index >= 15 is 0 Å². The van der Waals surface area contributed by atoms with Crippen molar-refractivity contribution in [3.8, 4) is 51.7 Å². The summed E-state index contributed by atoms with van der Waals surface area (Å²) in [5.74, 6) is 8.91. The lowest BCUT2D eigenvalue weighted by Crippen LogP contribution is -2.45. The number of rotatable bonds is 5. The number of nitrogens with two attached hydrogens (primary N) is 1. The van der Waals surface area contributed by atoms with Gasteiger partial charge in [-0.15, -0.1) is 0 Å². The molecule has 6 unspecified atom stereocenters. The van der Waals surface area contributed by atoms with E-state index in [1.54, 1.807) is 19.2 Å². The molecule has 3 aromatic carbocycles. The third-order valence-electron chi connectivity index (χ3n) is 15.8. The molecule has 0 amide bonds. The van der Waals surface area contributed by atoms with Gasteiger partial charge in [0.25, 0.3) is 0 Å². The van der Waals surface area contributed by atoms with Crippen LogP contribution in [0.5, 0.6) is 28.7 Å². The minimum absolute atomic E-state index is 0.0479. The highest BCUT2D eigenvalue weighted by Gasteiger charge is 2.51. The van der Waals surface area contributed by atoms with Crippen molar-refractivity contribution in [3.63, 3.8) is 0 Å². The van der Waals surface area contributed by atoms with Crippen molar-refractivity contribution >= 4 is 17.9 Å². The molecule has 5 N–H and O–H groups in total. The second-order valence-corrected chi connectivity index (χ2v) is 19.7. The molecule has 11 rings (SSSR count). The maximum Gasteiger partial charge on any atom is 0.302 e. The number of nitrogen functional groups attached to an aromatic ring is 1. The molecule has 2 spiro atoms. The number of fused-ring (bicyclic) bond motifs is 9. The summed E-state index contributed by atoms with van der Waals surface area (Å²) >= 11 is 0. The minimum Gasteiger partial charge on any atom is -0.508 e.